The molecule has 5 heteroatoms. The SMILES string of the molecule is CCCC(C)(NC(=O)c1cccc2cc[nH]c12)C(=O)O. The summed E-state index contributed by atoms with van der Waals surface area (Å²) >= 11 is 0. The van der Waals surface area contributed by atoms with Gasteiger partial charge in [-0.1, -0.05) is 25.5 Å². The zero-order valence-electron chi connectivity index (χ0n) is 11.6. The van der Waals surface area contributed by atoms with Crippen molar-refractivity contribution in [2.24, 2.45) is 0 Å². The summed E-state index contributed by atoms with van der Waals surface area (Å²) in [6.07, 6.45) is 2.81. The van der Waals surface area contributed by atoms with Gasteiger partial charge in [-0.15, -0.1) is 0 Å². The molecule has 1 aromatic carbocycles. The van der Waals surface area contributed by atoms with E-state index in [0.717, 1.165) is 5.39 Å². The maximum absolute atomic E-state index is 12.4. The molecule has 3 N–H and O–H groups in total. The van der Waals surface area contributed by atoms with Gasteiger partial charge in [0.25, 0.3) is 5.91 Å². The summed E-state index contributed by atoms with van der Waals surface area (Å²) in [7, 11) is 0. The van der Waals surface area contributed by atoms with Crippen LogP contribution < -0.4 is 5.32 Å². The molecular weight excluding hydrogens is 256 g/mol. The van der Waals surface area contributed by atoms with Crippen molar-refractivity contribution in [3.05, 3.63) is 36.0 Å². The lowest BCUT2D eigenvalue weighted by Gasteiger charge is -2.25. The quantitative estimate of drug-likeness (QED) is 0.783. The molecule has 0 bridgehead atoms. The molecule has 1 unspecified atom stereocenters. The summed E-state index contributed by atoms with van der Waals surface area (Å²) in [4.78, 5) is 26.7. The van der Waals surface area contributed by atoms with Gasteiger partial charge in [-0.3, -0.25) is 4.79 Å². The Labute approximate surface area is 117 Å². The molecule has 5 nitrogen and oxygen atoms in total. The number of hydrogen-bond acceptors (Lipinski definition) is 2. The van der Waals surface area contributed by atoms with Crippen molar-refractivity contribution in [3.8, 4) is 0 Å². The van der Waals surface area contributed by atoms with Crippen molar-refractivity contribution >= 4 is 22.8 Å². The van der Waals surface area contributed by atoms with Crippen LogP contribution in [0.25, 0.3) is 10.9 Å². The predicted octanol–water partition coefficient (Wildman–Crippen LogP) is 2.54. The van der Waals surface area contributed by atoms with Crippen LogP contribution in [0.4, 0.5) is 0 Å². The molecule has 0 saturated heterocycles. The van der Waals surface area contributed by atoms with Crippen molar-refractivity contribution in [2.45, 2.75) is 32.2 Å². The van der Waals surface area contributed by atoms with E-state index in [9.17, 15) is 14.7 Å². The number of H-pyrrole nitrogens is 1. The van der Waals surface area contributed by atoms with Gasteiger partial charge in [0.2, 0.25) is 0 Å². The number of carboxylic acids is 1. The molecule has 20 heavy (non-hydrogen) atoms. The number of aromatic amines is 1. The van der Waals surface area contributed by atoms with Gasteiger partial charge in [0, 0.05) is 11.6 Å². The van der Waals surface area contributed by atoms with Crippen LogP contribution >= 0.6 is 0 Å². The number of benzene rings is 1. The standard InChI is InChI=1S/C15H18N2O3/c1-3-8-15(2,14(19)20)17-13(18)11-6-4-5-10-7-9-16-12(10)11/h4-7,9,16H,3,8H2,1-2H3,(H,17,18)(H,19,20). The molecule has 1 aromatic heterocycles. The molecule has 1 heterocycles. The molecule has 0 spiro atoms. The highest BCUT2D eigenvalue weighted by Crippen LogP contribution is 2.19. The molecule has 2 rings (SSSR count). The van der Waals surface area contributed by atoms with Gasteiger partial charge in [-0.25, -0.2) is 4.79 Å². The van der Waals surface area contributed by atoms with Gasteiger partial charge in [-0.2, -0.15) is 0 Å². The summed E-state index contributed by atoms with van der Waals surface area (Å²) in [6, 6.07) is 7.23. The number of hydrogen-bond donors (Lipinski definition) is 3. The highest BCUT2D eigenvalue weighted by molar-refractivity contribution is 6.07. The number of rotatable bonds is 5. The zero-order valence-corrected chi connectivity index (χ0v) is 11.6. The minimum Gasteiger partial charge on any atom is -0.480 e. The molecule has 0 aliphatic heterocycles. The lowest BCUT2D eigenvalue weighted by Crippen LogP contribution is -2.52. The minimum atomic E-state index is -1.25. The third kappa shape index (κ3) is 2.52. The minimum absolute atomic E-state index is 0.378. The summed E-state index contributed by atoms with van der Waals surface area (Å²) in [5.74, 6) is -1.40. The van der Waals surface area contributed by atoms with E-state index in [1.807, 2.05) is 19.1 Å². The van der Waals surface area contributed by atoms with Crippen molar-refractivity contribution in [1.82, 2.24) is 10.3 Å². The first-order valence-electron chi connectivity index (χ1n) is 6.60. The van der Waals surface area contributed by atoms with Crippen LogP contribution in [0.3, 0.4) is 0 Å². The number of carbonyl (C=O) groups excluding carboxylic acids is 1. The molecule has 0 radical (unpaired) electrons. The molecule has 0 aliphatic carbocycles. The van der Waals surface area contributed by atoms with Gasteiger partial charge in [-0.05, 0) is 25.5 Å². The second-order valence-electron chi connectivity index (χ2n) is 5.09. The third-order valence-electron chi connectivity index (χ3n) is 3.44. The second-order valence-corrected chi connectivity index (χ2v) is 5.09. The van der Waals surface area contributed by atoms with Gasteiger partial charge < -0.3 is 15.4 Å². The zero-order chi connectivity index (χ0) is 14.8. The fourth-order valence-electron chi connectivity index (χ4n) is 2.31. The Hall–Kier alpha value is -2.30. The van der Waals surface area contributed by atoms with E-state index >= 15 is 0 Å². The average molecular weight is 274 g/mol. The van der Waals surface area contributed by atoms with Gasteiger partial charge in [0.1, 0.15) is 5.54 Å². The van der Waals surface area contributed by atoms with Gasteiger partial charge in [0.15, 0.2) is 0 Å². The van der Waals surface area contributed by atoms with Crippen LogP contribution in [0.15, 0.2) is 30.5 Å². The maximum atomic E-state index is 12.4. The van der Waals surface area contributed by atoms with Crippen LogP contribution in [0, 0.1) is 0 Å². The Bertz CT molecular complexity index is 647. The molecule has 2 aromatic rings. The summed E-state index contributed by atoms with van der Waals surface area (Å²) in [6.45, 7) is 3.42. The molecule has 1 atom stereocenters. The number of amides is 1. The Morgan fingerprint density at radius 2 is 2.10 bits per heavy atom. The smallest absolute Gasteiger partial charge is 0.329 e. The van der Waals surface area contributed by atoms with E-state index in [4.69, 9.17) is 0 Å². The number of aromatic nitrogens is 1. The van der Waals surface area contributed by atoms with Crippen molar-refractivity contribution < 1.29 is 14.7 Å². The molecular formula is C15H18N2O3. The van der Waals surface area contributed by atoms with E-state index in [2.05, 4.69) is 10.3 Å². The first-order valence-corrected chi connectivity index (χ1v) is 6.60. The fraction of sp³-hybridized carbons (Fsp3) is 0.333. The lowest BCUT2D eigenvalue weighted by molar-refractivity contribution is -0.144. The van der Waals surface area contributed by atoms with Crippen LogP contribution in [-0.4, -0.2) is 27.5 Å². The highest BCUT2D eigenvalue weighted by Gasteiger charge is 2.34. The molecule has 106 valence electrons. The Balaban J connectivity index is 2.32. The predicted molar refractivity (Wildman–Crippen MR) is 76.7 cm³/mol. The molecule has 1 amide bonds. The Kier molecular flexibility index (Phi) is 3.79. The van der Waals surface area contributed by atoms with Gasteiger partial charge in [0.05, 0.1) is 11.1 Å². The largest absolute Gasteiger partial charge is 0.480 e. The highest BCUT2D eigenvalue weighted by atomic mass is 16.4. The lowest BCUT2D eigenvalue weighted by atomic mass is 9.95. The van der Waals surface area contributed by atoms with Crippen LogP contribution in [0.2, 0.25) is 0 Å². The van der Waals surface area contributed by atoms with E-state index in [1.54, 1.807) is 18.3 Å². The van der Waals surface area contributed by atoms with E-state index in [0.29, 0.717) is 23.9 Å². The first-order chi connectivity index (χ1) is 9.48. The molecule has 0 aliphatic rings. The van der Waals surface area contributed by atoms with Crippen LogP contribution in [-0.2, 0) is 4.79 Å². The van der Waals surface area contributed by atoms with E-state index < -0.39 is 11.5 Å². The molecule has 0 fully saturated rings. The third-order valence-corrected chi connectivity index (χ3v) is 3.44. The van der Waals surface area contributed by atoms with Crippen molar-refractivity contribution in [3.63, 3.8) is 0 Å². The number of fused-ring (bicyclic) bond motifs is 1. The van der Waals surface area contributed by atoms with Crippen molar-refractivity contribution in [2.75, 3.05) is 0 Å². The second kappa shape index (κ2) is 5.36. The Morgan fingerprint density at radius 1 is 1.35 bits per heavy atom. The first kappa shape index (κ1) is 14.1. The Morgan fingerprint density at radius 3 is 2.75 bits per heavy atom. The molecule has 0 saturated carbocycles. The number of para-hydroxylation sites is 1. The van der Waals surface area contributed by atoms with Crippen LogP contribution in [0.1, 0.15) is 37.0 Å². The number of aliphatic carboxylic acids is 1. The van der Waals surface area contributed by atoms with E-state index in [1.165, 1.54) is 6.92 Å². The summed E-state index contributed by atoms with van der Waals surface area (Å²) in [5.41, 5.74) is -0.0778. The summed E-state index contributed by atoms with van der Waals surface area (Å²) in [5, 5.41) is 12.9. The topological polar surface area (TPSA) is 82.2 Å². The van der Waals surface area contributed by atoms with Gasteiger partial charge >= 0.3 is 5.97 Å². The summed E-state index contributed by atoms with van der Waals surface area (Å²) < 4.78 is 0. The van der Waals surface area contributed by atoms with E-state index in [-0.39, 0.29) is 5.91 Å². The number of carbonyl (C=O) groups is 2. The van der Waals surface area contributed by atoms with Crippen LogP contribution in [0.5, 0.6) is 0 Å². The fourth-order valence-corrected chi connectivity index (χ4v) is 2.31. The average Bonchev–Trinajstić information content (AvgIpc) is 2.86. The number of nitrogens with one attached hydrogen (secondary N) is 2. The number of carboxylic acid groups (broad SMARTS) is 1. The maximum Gasteiger partial charge on any atom is 0.329 e. The monoisotopic (exact) mass is 274 g/mol. The van der Waals surface area contributed by atoms with Crippen molar-refractivity contribution in [1.29, 1.82) is 0 Å². The normalized spacial score (nSPS) is 13.9.